The van der Waals surface area contributed by atoms with Crippen LogP contribution in [0.5, 0.6) is 0 Å². The molecule has 0 fully saturated rings. The van der Waals surface area contributed by atoms with E-state index in [2.05, 4.69) is 20.6 Å². The van der Waals surface area contributed by atoms with Crippen LogP contribution in [-0.2, 0) is 9.59 Å². The van der Waals surface area contributed by atoms with E-state index < -0.39 is 0 Å². The molecule has 0 saturated heterocycles. The van der Waals surface area contributed by atoms with E-state index in [1.807, 2.05) is 38.1 Å². The number of aromatic nitrogens is 2. The third kappa shape index (κ3) is 5.67. The van der Waals surface area contributed by atoms with Gasteiger partial charge in [-0.05, 0) is 18.1 Å². The first-order valence-corrected chi connectivity index (χ1v) is 7.22. The lowest BCUT2D eigenvalue weighted by Gasteiger charge is -2.20. The zero-order valence-electron chi connectivity index (χ0n) is 13.5. The van der Waals surface area contributed by atoms with Crippen molar-refractivity contribution in [2.45, 2.75) is 19.9 Å². The van der Waals surface area contributed by atoms with Crippen molar-refractivity contribution >= 4 is 47.7 Å². The van der Waals surface area contributed by atoms with Crippen LogP contribution in [0.25, 0.3) is 11.0 Å². The van der Waals surface area contributed by atoms with Gasteiger partial charge in [-0.15, -0.1) is 24.8 Å². The van der Waals surface area contributed by atoms with Crippen LogP contribution in [0.1, 0.15) is 25.7 Å². The van der Waals surface area contributed by atoms with Gasteiger partial charge in [-0.2, -0.15) is 0 Å². The van der Waals surface area contributed by atoms with Gasteiger partial charge in [0.15, 0.2) is 0 Å². The molecule has 0 spiro atoms. The molecular formula is C15H23Cl2N5O2. The molecule has 0 aliphatic heterocycles. The van der Waals surface area contributed by atoms with E-state index in [0.717, 1.165) is 11.0 Å². The quantitative estimate of drug-likeness (QED) is 0.609. The van der Waals surface area contributed by atoms with Crippen molar-refractivity contribution in [3.05, 3.63) is 30.1 Å². The molecule has 0 radical (unpaired) electrons. The Bertz CT molecular complexity index is 642. The van der Waals surface area contributed by atoms with Gasteiger partial charge in [0.25, 0.3) is 0 Å². The summed E-state index contributed by atoms with van der Waals surface area (Å²) in [5, 5.41) is 5.33. The summed E-state index contributed by atoms with van der Waals surface area (Å²) >= 11 is 0. The van der Waals surface area contributed by atoms with Gasteiger partial charge in [0.2, 0.25) is 11.8 Å². The predicted molar refractivity (Wildman–Crippen MR) is 98.4 cm³/mol. The molecule has 0 bridgehead atoms. The van der Waals surface area contributed by atoms with Crippen LogP contribution in [-0.4, -0.2) is 34.9 Å². The van der Waals surface area contributed by atoms with Crippen molar-refractivity contribution < 1.29 is 9.59 Å². The SMILES string of the molecule is CC(C)C(NC(=O)CNC(=O)CN)c1nc2ccccc2[nH]1.Cl.Cl. The monoisotopic (exact) mass is 375 g/mol. The Hall–Kier alpha value is -1.83. The molecule has 2 aromatic rings. The van der Waals surface area contributed by atoms with Gasteiger partial charge in [-0.1, -0.05) is 26.0 Å². The van der Waals surface area contributed by atoms with E-state index >= 15 is 0 Å². The molecule has 0 saturated carbocycles. The minimum Gasteiger partial charge on any atom is -0.346 e. The molecule has 1 heterocycles. The number of aromatic amines is 1. The molecule has 2 rings (SSSR count). The Morgan fingerprint density at radius 2 is 1.88 bits per heavy atom. The van der Waals surface area contributed by atoms with Gasteiger partial charge in [0.05, 0.1) is 30.2 Å². The highest BCUT2D eigenvalue weighted by atomic mass is 35.5. The average Bonchev–Trinajstić information content (AvgIpc) is 2.93. The number of amides is 2. The molecule has 1 atom stereocenters. The molecule has 1 unspecified atom stereocenters. The summed E-state index contributed by atoms with van der Waals surface area (Å²) in [5.74, 6) is 0.213. The highest BCUT2D eigenvalue weighted by Crippen LogP contribution is 2.21. The number of nitrogens with two attached hydrogens (primary N) is 1. The van der Waals surface area contributed by atoms with Crippen LogP contribution < -0.4 is 16.4 Å². The summed E-state index contributed by atoms with van der Waals surface area (Å²) in [6.45, 7) is 3.76. The Morgan fingerprint density at radius 3 is 2.46 bits per heavy atom. The molecule has 7 nitrogen and oxygen atoms in total. The fraction of sp³-hybridized carbons (Fsp3) is 0.400. The van der Waals surface area contributed by atoms with Gasteiger partial charge in [0.1, 0.15) is 5.82 Å². The normalized spacial score (nSPS) is 11.3. The average molecular weight is 376 g/mol. The highest BCUT2D eigenvalue weighted by Gasteiger charge is 2.21. The Balaban J connectivity index is 0.00000264. The van der Waals surface area contributed by atoms with Crippen molar-refractivity contribution in [3.8, 4) is 0 Å². The number of carbonyl (C=O) groups is 2. The van der Waals surface area contributed by atoms with Crippen molar-refractivity contribution in [1.29, 1.82) is 0 Å². The van der Waals surface area contributed by atoms with Gasteiger partial charge < -0.3 is 21.4 Å². The Morgan fingerprint density at radius 1 is 1.21 bits per heavy atom. The summed E-state index contributed by atoms with van der Waals surface area (Å²) in [4.78, 5) is 30.8. The molecule has 2 amide bonds. The lowest BCUT2D eigenvalue weighted by molar-refractivity contribution is -0.126. The minimum absolute atomic E-state index is 0. The summed E-state index contributed by atoms with van der Waals surface area (Å²) < 4.78 is 0. The molecule has 0 aliphatic carbocycles. The first-order chi connectivity index (χ1) is 10.5. The van der Waals surface area contributed by atoms with Gasteiger partial charge in [-0.25, -0.2) is 4.98 Å². The second-order valence-corrected chi connectivity index (χ2v) is 5.41. The number of hydrogen-bond acceptors (Lipinski definition) is 4. The number of nitrogens with one attached hydrogen (secondary N) is 3. The number of benzene rings is 1. The van der Waals surface area contributed by atoms with Crippen LogP contribution in [0.2, 0.25) is 0 Å². The number of imidazole rings is 1. The summed E-state index contributed by atoms with van der Waals surface area (Å²) in [5.41, 5.74) is 6.96. The number of carbonyl (C=O) groups excluding carboxylic acids is 2. The Labute approximate surface area is 153 Å². The number of para-hydroxylation sites is 2. The molecule has 0 aliphatic rings. The smallest absolute Gasteiger partial charge is 0.239 e. The van der Waals surface area contributed by atoms with Crippen LogP contribution in [0.15, 0.2) is 24.3 Å². The first-order valence-electron chi connectivity index (χ1n) is 7.22. The van der Waals surface area contributed by atoms with Gasteiger partial charge in [0, 0.05) is 0 Å². The van der Waals surface area contributed by atoms with Gasteiger partial charge in [-0.3, -0.25) is 9.59 Å². The number of H-pyrrole nitrogens is 1. The van der Waals surface area contributed by atoms with Crippen molar-refractivity contribution in [1.82, 2.24) is 20.6 Å². The third-order valence-electron chi connectivity index (χ3n) is 3.32. The maximum Gasteiger partial charge on any atom is 0.239 e. The lowest BCUT2D eigenvalue weighted by atomic mass is 10.0. The maximum atomic E-state index is 12.0. The topological polar surface area (TPSA) is 113 Å². The number of halogens is 2. The number of rotatable bonds is 6. The third-order valence-corrected chi connectivity index (χ3v) is 3.32. The molecule has 134 valence electrons. The van der Waals surface area contributed by atoms with Crippen molar-refractivity contribution in [2.24, 2.45) is 11.7 Å². The molecule has 5 N–H and O–H groups in total. The van der Waals surface area contributed by atoms with E-state index in [4.69, 9.17) is 5.73 Å². The fourth-order valence-electron chi connectivity index (χ4n) is 2.15. The minimum atomic E-state index is -0.361. The second kappa shape index (κ2) is 10.1. The number of nitrogens with zero attached hydrogens (tertiary/aromatic N) is 1. The van der Waals surface area contributed by atoms with Crippen LogP contribution in [0.3, 0.4) is 0 Å². The maximum absolute atomic E-state index is 12.0. The lowest BCUT2D eigenvalue weighted by Crippen LogP contribution is -2.42. The molecular weight excluding hydrogens is 353 g/mol. The van der Waals surface area contributed by atoms with E-state index in [-0.39, 0.29) is 61.7 Å². The predicted octanol–water partition coefficient (Wildman–Crippen LogP) is 1.29. The fourth-order valence-corrected chi connectivity index (χ4v) is 2.15. The molecule has 9 heteroatoms. The van der Waals surface area contributed by atoms with Gasteiger partial charge >= 0.3 is 0 Å². The standard InChI is InChI=1S/C15H21N5O2.2ClH/c1-9(2)14(20-13(22)8-17-12(21)7-16)15-18-10-5-3-4-6-11(10)19-15;;/h3-6,9,14H,7-8,16H2,1-2H3,(H,17,21)(H,18,19)(H,20,22);2*1H. The first kappa shape index (κ1) is 22.2. The van der Waals surface area contributed by atoms with Crippen molar-refractivity contribution in [3.63, 3.8) is 0 Å². The molecule has 1 aromatic carbocycles. The number of fused-ring (bicyclic) bond motifs is 1. The Kier molecular flexibility index (Phi) is 9.35. The molecule has 1 aromatic heterocycles. The zero-order valence-corrected chi connectivity index (χ0v) is 15.2. The zero-order chi connectivity index (χ0) is 16.1. The van der Waals surface area contributed by atoms with E-state index in [0.29, 0.717) is 5.82 Å². The highest BCUT2D eigenvalue weighted by molar-refractivity contribution is 5.86. The van der Waals surface area contributed by atoms with Crippen LogP contribution in [0, 0.1) is 5.92 Å². The van der Waals surface area contributed by atoms with E-state index in [9.17, 15) is 9.59 Å². The summed E-state index contributed by atoms with van der Waals surface area (Å²) in [6.07, 6.45) is 0. The number of hydrogen-bond donors (Lipinski definition) is 4. The van der Waals surface area contributed by atoms with Crippen molar-refractivity contribution in [2.75, 3.05) is 13.1 Å². The van der Waals surface area contributed by atoms with E-state index in [1.165, 1.54) is 0 Å². The second-order valence-electron chi connectivity index (χ2n) is 5.41. The largest absolute Gasteiger partial charge is 0.346 e. The summed E-state index contributed by atoms with van der Waals surface area (Å²) in [7, 11) is 0. The van der Waals surface area contributed by atoms with Crippen LogP contribution >= 0.6 is 24.8 Å². The molecule has 24 heavy (non-hydrogen) atoms. The van der Waals surface area contributed by atoms with Crippen LogP contribution in [0.4, 0.5) is 0 Å². The van der Waals surface area contributed by atoms with E-state index in [1.54, 1.807) is 0 Å². The summed E-state index contributed by atoms with van der Waals surface area (Å²) in [6, 6.07) is 7.44.